The van der Waals surface area contributed by atoms with Crippen molar-refractivity contribution in [3.63, 3.8) is 0 Å². The zero-order chi connectivity index (χ0) is 112. The molecule has 1 aliphatic carbocycles. The Bertz CT molecular complexity index is 2730. The number of unbranched alkanes of at least 4 members (excludes halogenated alkanes) is 8. The summed E-state index contributed by atoms with van der Waals surface area (Å²) in [5.41, 5.74) is 0. The minimum Gasteiger partial charge on any atom is -0.448 e. The molecule has 27 heteroatoms. The van der Waals surface area contributed by atoms with E-state index < -0.39 is 0 Å². The van der Waals surface area contributed by atoms with Gasteiger partial charge in [-0.25, -0.2) is 0 Å². The maximum Gasteiger partial charge on any atom is 0.143 e. The average molecular weight is 2310 g/mol. The number of Topliss-reactive ketones (excluding diaryl/α,β-unsaturated/α-hetero) is 15. The van der Waals surface area contributed by atoms with Crippen molar-refractivity contribution in [2.75, 3.05) is 157 Å². The molecule has 0 aromatic carbocycles. The van der Waals surface area contributed by atoms with E-state index >= 15 is 0 Å². The van der Waals surface area contributed by atoms with Crippen molar-refractivity contribution in [2.24, 2.45) is 53.3 Å². The van der Waals surface area contributed by atoms with Crippen molar-refractivity contribution in [2.45, 2.75) is 460 Å². The molecule has 24 nitrogen and oxygen atoms in total. The van der Waals surface area contributed by atoms with E-state index in [-0.39, 0.29) is 277 Å². The van der Waals surface area contributed by atoms with Crippen molar-refractivity contribution in [3.8, 4) is 0 Å². The van der Waals surface area contributed by atoms with E-state index in [1.54, 1.807) is 47.4 Å². The van der Waals surface area contributed by atoms with Gasteiger partial charge < -0.3 is 29.3 Å². The quantitative estimate of drug-likeness (QED) is 0.0404. The van der Waals surface area contributed by atoms with Crippen LogP contribution in [0, 0.1) is 72.9 Å². The first kappa shape index (κ1) is 167. The van der Waals surface area contributed by atoms with Crippen LogP contribution in [0.2, 0.25) is 0 Å². The van der Waals surface area contributed by atoms with Crippen molar-refractivity contribution in [1.29, 1.82) is 0 Å². The molecular weight excluding hydrogens is 2070 g/mol. The molecule has 2 unspecified atom stereocenters. The van der Waals surface area contributed by atoms with Gasteiger partial charge in [-0.3, -0.25) is 106 Å². The van der Waals surface area contributed by atoms with Crippen LogP contribution in [0.3, 0.4) is 0 Å². The van der Waals surface area contributed by atoms with Crippen molar-refractivity contribution in [3.05, 3.63) is 19.6 Å². The number of ketones is 15. The molecule has 1 saturated carbocycles. The molecule has 1 aliphatic rings. The van der Waals surface area contributed by atoms with E-state index in [4.69, 9.17) is 0 Å². The average Bonchev–Trinajstić information content (AvgIpc) is 0.875. The van der Waals surface area contributed by atoms with Gasteiger partial charge in [-0.2, -0.15) is 0 Å². The number of carbonyl (C=O) groups excluding carboxylic acids is 15. The summed E-state index contributed by atoms with van der Waals surface area (Å²) in [6.07, 6.45) is 49.6. The smallest absolute Gasteiger partial charge is 0.143 e. The summed E-state index contributed by atoms with van der Waals surface area (Å²) in [4.78, 5) is 187. The molecule has 0 spiro atoms. The van der Waals surface area contributed by atoms with Crippen LogP contribution in [0.1, 0.15) is 460 Å². The van der Waals surface area contributed by atoms with Gasteiger partial charge in [-0.05, 0) is 209 Å². The Balaban J connectivity index is -0.000000164. The van der Waals surface area contributed by atoms with Crippen LogP contribution in [0.4, 0.5) is 0 Å². The zero-order valence-electron chi connectivity index (χ0n) is 102. The summed E-state index contributed by atoms with van der Waals surface area (Å²) in [6, 6.07) is 0. The Morgan fingerprint density at radius 3 is 0.707 bits per heavy atom. The standard InChI is InChI=1S/3C19H32N3O5.C16H32.C15H32.C12H26.C10H22.C7H16.C3H8.3Y/c3*1-15(23)10-20(6-8-21(11-16(2)24)12-17(3)25)7-9-22(13-18(4)26)14-19(5)27;1-5-13-9-14(6-2)11-16(8-4)12-15(7-3)10-13;1-6-13(7-2)11-15(10-5)12-14(8-3)9-4;1-4-7-8-9-11-12(6-3)10-5-2;1-4-7-9-10(6-3)8-5-2;1-3-5-7-6-4-2;1-3-2;;;/h11H,6-10,12-14H2,1-5H3;8H,6-7,9-14H2,1-5H3;6H,7-14H2,1-5H3;13-16H,5-12H2,1-4H3;13-15H,6-12H2,1-5H3;12H,4-11H2,1-3H3;10H,4-9H2,1-3H3;3-7H2,1-2H3;3H2,1-2H3;;;/q3*-1;;;;;;;;;. The minimum absolute atomic E-state index is 0. The second kappa shape index (κ2) is 116. The Morgan fingerprint density at radius 1 is 0.218 bits per heavy atom. The molecule has 0 heterocycles. The molecule has 147 heavy (non-hydrogen) atoms. The molecule has 0 aromatic heterocycles. The molecule has 859 valence electrons. The van der Waals surface area contributed by atoms with Gasteiger partial charge in [0, 0.05) is 169 Å². The molecule has 0 amide bonds. The maximum atomic E-state index is 11.6. The van der Waals surface area contributed by atoms with Gasteiger partial charge in [0.05, 0.1) is 65.4 Å². The van der Waals surface area contributed by atoms with E-state index in [9.17, 15) is 71.9 Å². The molecule has 0 saturated heterocycles. The largest absolute Gasteiger partial charge is 0.448 e. The molecule has 0 aliphatic heterocycles. The van der Waals surface area contributed by atoms with Gasteiger partial charge in [0.25, 0.3) is 0 Å². The van der Waals surface area contributed by atoms with E-state index in [0.717, 1.165) is 53.3 Å². The Morgan fingerprint density at radius 2 is 0.435 bits per heavy atom. The van der Waals surface area contributed by atoms with Crippen molar-refractivity contribution < 1.29 is 170 Å². The molecule has 0 aromatic rings. The predicted molar refractivity (Wildman–Crippen MR) is 607 cm³/mol. The van der Waals surface area contributed by atoms with Crippen LogP contribution >= 0.6 is 0 Å². The van der Waals surface area contributed by atoms with Gasteiger partial charge in [0.2, 0.25) is 0 Å². The third kappa shape index (κ3) is 122. The third-order valence-electron chi connectivity index (χ3n) is 26.0. The van der Waals surface area contributed by atoms with E-state index in [2.05, 4.69) is 132 Å². The van der Waals surface area contributed by atoms with Gasteiger partial charge >= 0.3 is 0 Å². The molecule has 0 N–H and O–H groups in total. The SMILES string of the molecule is CC(=O)CN([CH-]CN(CC(C)=O)CC(C)=O)CCN(CC(C)=O)CC(C)=O.CC(=O)CN([CH-]CN(CCN(CC(C)=O)CC(C)=O)CC(C)=O)CC(C)=O.CC(=O)[CH-]N(CCN(CCN(CC(C)=O)CC(C)=O)CC(C)=O)CC(C)=O.CCC.CCC(CC)CC(CC)CC(CC)CC.CCC1CC(CC)CC(CC)CC(CC)C1.CCCCC(CC)CCC.CCCCCCC.CCCCCCC(CC)CCC.[Y].[Y].[Y]. The monoisotopic (exact) mass is 2310 g/mol. The van der Waals surface area contributed by atoms with Crippen LogP contribution in [-0.4, -0.2) is 288 Å². The number of hydrogen-bond donors (Lipinski definition) is 0. The molecule has 1 rings (SSSR count). The third-order valence-corrected chi connectivity index (χ3v) is 26.0. The van der Waals surface area contributed by atoms with Crippen molar-refractivity contribution in [1.82, 2.24) is 44.1 Å². The first-order chi connectivity index (χ1) is 67.9. The minimum atomic E-state index is -0.150. The molecule has 2 atom stereocenters. The van der Waals surface area contributed by atoms with Crippen LogP contribution in [0.25, 0.3) is 0 Å². The van der Waals surface area contributed by atoms with Gasteiger partial charge in [-0.15, -0.1) is 13.1 Å². The summed E-state index contributed by atoms with van der Waals surface area (Å²) in [5, 5.41) is 0. The predicted octanol–water partition coefficient (Wildman–Crippen LogP) is 24.5. The Labute approximate surface area is 982 Å². The second-order valence-corrected chi connectivity index (χ2v) is 42.1. The number of hydrogen-bond acceptors (Lipinski definition) is 24. The molecule has 0 bridgehead atoms. The summed E-state index contributed by atoms with van der Waals surface area (Å²) in [6.45, 7) is 77.6. The molecule has 3 radical (unpaired) electrons. The number of nitrogens with zero attached hydrogens (tertiary/aromatic N) is 9. The second-order valence-electron chi connectivity index (χ2n) is 42.1. The summed E-state index contributed by atoms with van der Waals surface area (Å²) < 4.78 is 0. The number of rotatable bonds is 79. The van der Waals surface area contributed by atoms with Crippen molar-refractivity contribution >= 4 is 86.7 Å². The molecule has 1 fully saturated rings. The first-order valence-corrected chi connectivity index (χ1v) is 57.4. The number of carbonyl (C=O) groups is 15. The summed E-state index contributed by atoms with van der Waals surface area (Å²) >= 11 is 0. The zero-order valence-corrected chi connectivity index (χ0v) is 111. The maximum absolute atomic E-state index is 11.6. The summed E-state index contributed by atoms with van der Waals surface area (Å²) in [5.74, 6) is 8.41. The first-order valence-electron chi connectivity index (χ1n) is 57.4. The topological polar surface area (TPSA) is 285 Å². The van der Waals surface area contributed by atoms with Gasteiger partial charge in [0.1, 0.15) is 81.0 Å². The van der Waals surface area contributed by atoms with Crippen LogP contribution in [0.15, 0.2) is 0 Å². The van der Waals surface area contributed by atoms with Gasteiger partial charge in [-0.1, -0.05) is 318 Å². The normalized spacial score (nSPS) is 14.0. The molecular formula is C120H232N9O15Y3-3. The fourth-order valence-corrected chi connectivity index (χ4v) is 18.2. The van der Waals surface area contributed by atoms with E-state index in [1.165, 1.54) is 335 Å². The van der Waals surface area contributed by atoms with Crippen LogP contribution < -0.4 is 0 Å². The summed E-state index contributed by atoms with van der Waals surface area (Å²) in [7, 11) is 0. The van der Waals surface area contributed by atoms with E-state index in [1.807, 2.05) is 9.80 Å². The van der Waals surface area contributed by atoms with E-state index in [0.29, 0.717) is 65.4 Å². The Hall–Kier alpha value is -2.13. The fraction of sp³-hybridized carbons (Fsp3) is 0.850. The van der Waals surface area contributed by atoms with Crippen LogP contribution in [0.5, 0.6) is 0 Å². The fourth-order valence-electron chi connectivity index (χ4n) is 18.2. The Kier molecular flexibility index (Phi) is 132. The van der Waals surface area contributed by atoms with Crippen LogP contribution in [-0.2, 0) is 170 Å². The van der Waals surface area contributed by atoms with Gasteiger partial charge in [0.15, 0.2) is 0 Å².